The standard InChI is InChI=1S/C7H7N4/c1-5-3-11-7(8-4-9-11)10-6(5)2/h4H,1-2H3. The molecule has 2 heterocycles. The molecule has 0 fully saturated rings. The first kappa shape index (κ1) is 6.27. The molecule has 0 aliphatic carbocycles. The first-order chi connectivity index (χ1) is 5.27. The van der Waals surface area contributed by atoms with Crippen molar-refractivity contribution >= 4 is 5.78 Å². The number of aryl methyl sites for hydroxylation is 2. The molecule has 2 aromatic rings. The molecule has 1 radical (unpaired) electrons. The summed E-state index contributed by atoms with van der Waals surface area (Å²) in [4.78, 5) is 8.12. The lowest BCUT2D eigenvalue weighted by atomic mass is 10.3. The van der Waals surface area contributed by atoms with Crippen LogP contribution in [-0.4, -0.2) is 19.6 Å². The van der Waals surface area contributed by atoms with Crippen LogP contribution in [0.3, 0.4) is 0 Å². The highest BCUT2D eigenvalue weighted by Gasteiger charge is 1.99. The molecule has 0 aliphatic heterocycles. The minimum absolute atomic E-state index is 0.605. The van der Waals surface area contributed by atoms with Crippen molar-refractivity contribution < 1.29 is 0 Å². The molecule has 0 saturated carbocycles. The SMILES string of the molecule is Cc1[c]n2ncnc2nc1C. The summed E-state index contributed by atoms with van der Waals surface area (Å²) in [6, 6.07) is 0. The van der Waals surface area contributed by atoms with Crippen molar-refractivity contribution in [2.24, 2.45) is 0 Å². The molecule has 0 bridgehead atoms. The highest BCUT2D eigenvalue weighted by Crippen LogP contribution is 2.02. The smallest absolute Gasteiger partial charge is 0.216 e. The normalized spacial score (nSPS) is 10.7. The highest BCUT2D eigenvalue weighted by atomic mass is 15.3. The van der Waals surface area contributed by atoms with E-state index in [0.29, 0.717) is 5.78 Å². The van der Waals surface area contributed by atoms with E-state index in [1.165, 1.54) is 6.33 Å². The van der Waals surface area contributed by atoms with Gasteiger partial charge in [0.2, 0.25) is 0 Å². The number of aromatic nitrogens is 4. The van der Waals surface area contributed by atoms with Crippen molar-refractivity contribution in [3.63, 3.8) is 0 Å². The molecule has 2 aromatic heterocycles. The molecule has 11 heavy (non-hydrogen) atoms. The highest BCUT2D eigenvalue weighted by molar-refractivity contribution is 5.28. The zero-order valence-electron chi connectivity index (χ0n) is 6.37. The molecule has 2 rings (SSSR count). The Morgan fingerprint density at radius 2 is 2.27 bits per heavy atom. The lowest BCUT2D eigenvalue weighted by Crippen LogP contribution is -1.96. The molecular weight excluding hydrogens is 140 g/mol. The van der Waals surface area contributed by atoms with Gasteiger partial charge in [-0.1, -0.05) is 0 Å². The number of nitrogens with zero attached hydrogens (tertiary/aromatic N) is 4. The summed E-state index contributed by atoms with van der Waals surface area (Å²) in [7, 11) is 0. The first-order valence-electron chi connectivity index (χ1n) is 3.33. The van der Waals surface area contributed by atoms with E-state index in [0.717, 1.165) is 11.3 Å². The zero-order valence-corrected chi connectivity index (χ0v) is 6.37. The Kier molecular flexibility index (Phi) is 1.15. The van der Waals surface area contributed by atoms with Gasteiger partial charge >= 0.3 is 0 Å². The molecule has 0 aliphatic rings. The fourth-order valence-electron chi connectivity index (χ4n) is 0.864. The molecule has 4 nitrogen and oxygen atoms in total. The molecule has 0 spiro atoms. The van der Waals surface area contributed by atoms with Gasteiger partial charge < -0.3 is 0 Å². The lowest BCUT2D eigenvalue weighted by Gasteiger charge is -1.96. The van der Waals surface area contributed by atoms with Gasteiger partial charge in [-0.3, -0.25) is 0 Å². The summed E-state index contributed by atoms with van der Waals surface area (Å²) < 4.78 is 1.54. The van der Waals surface area contributed by atoms with Gasteiger partial charge in [-0.2, -0.15) is 14.6 Å². The van der Waals surface area contributed by atoms with Gasteiger partial charge in [0.15, 0.2) is 0 Å². The number of rotatable bonds is 0. The van der Waals surface area contributed by atoms with E-state index in [1.807, 2.05) is 13.8 Å². The Hall–Kier alpha value is -1.45. The monoisotopic (exact) mass is 147 g/mol. The van der Waals surface area contributed by atoms with Crippen LogP contribution >= 0.6 is 0 Å². The Morgan fingerprint density at radius 1 is 1.45 bits per heavy atom. The summed E-state index contributed by atoms with van der Waals surface area (Å²) in [5, 5.41) is 3.91. The minimum atomic E-state index is 0.605. The maximum atomic E-state index is 4.19. The van der Waals surface area contributed by atoms with Crippen molar-refractivity contribution in [1.82, 2.24) is 19.6 Å². The Bertz CT molecular complexity index is 354. The maximum absolute atomic E-state index is 4.19. The predicted molar refractivity (Wildman–Crippen MR) is 39.1 cm³/mol. The van der Waals surface area contributed by atoms with E-state index in [-0.39, 0.29) is 0 Å². The molecule has 0 amide bonds. The summed E-state index contributed by atoms with van der Waals surface area (Å²) in [5.74, 6) is 0.605. The van der Waals surface area contributed by atoms with Gasteiger partial charge in [-0.25, -0.2) is 4.98 Å². The van der Waals surface area contributed by atoms with Crippen molar-refractivity contribution in [3.8, 4) is 0 Å². The average Bonchev–Trinajstić information content (AvgIpc) is 2.36. The molecule has 0 atom stereocenters. The number of hydrogen-bond donors (Lipinski definition) is 0. The zero-order chi connectivity index (χ0) is 7.84. The van der Waals surface area contributed by atoms with Gasteiger partial charge in [0.25, 0.3) is 5.78 Å². The van der Waals surface area contributed by atoms with Crippen molar-refractivity contribution in [2.45, 2.75) is 13.8 Å². The van der Waals surface area contributed by atoms with E-state index >= 15 is 0 Å². The molecular formula is C7H7N4. The van der Waals surface area contributed by atoms with E-state index in [4.69, 9.17) is 0 Å². The van der Waals surface area contributed by atoms with Crippen molar-refractivity contribution in [3.05, 3.63) is 23.8 Å². The fraction of sp³-hybridized carbons (Fsp3) is 0.286. The van der Waals surface area contributed by atoms with Crippen LogP contribution in [-0.2, 0) is 0 Å². The van der Waals surface area contributed by atoms with Crippen LogP contribution < -0.4 is 0 Å². The van der Waals surface area contributed by atoms with Crippen LogP contribution in [0.1, 0.15) is 11.3 Å². The number of fused-ring (bicyclic) bond motifs is 1. The summed E-state index contributed by atoms with van der Waals surface area (Å²) in [6.45, 7) is 3.88. The Labute approximate surface area is 63.9 Å². The van der Waals surface area contributed by atoms with E-state index < -0.39 is 0 Å². The quantitative estimate of drug-likeness (QED) is 0.546. The molecule has 4 heteroatoms. The van der Waals surface area contributed by atoms with Crippen LogP contribution in [0.15, 0.2) is 6.33 Å². The summed E-state index contributed by atoms with van der Waals surface area (Å²) >= 11 is 0. The first-order valence-corrected chi connectivity index (χ1v) is 3.33. The summed E-state index contributed by atoms with van der Waals surface area (Å²) in [5.41, 5.74) is 1.95. The van der Waals surface area contributed by atoms with Gasteiger partial charge in [0.1, 0.15) is 6.33 Å². The van der Waals surface area contributed by atoms with Crippen molar-refractivity contribution in [2.75, 3.05) is 0 Å². The second-order valence-electron chi connectivity index (χ2n) is 2.41. The average molecular weight is 147 g/mol. The third-order valence-corrected chi connectivity index (χ3v) is 1.61. The Balaban J connectivity index is 2.86. The van der Waals surface area contributed by atoms with Gasteiger partial charge in [-0.05, 0) is 19.4 Å². The third-order valence-electron chi connectivity index (χ3n) is 1.61. The lowest BCUT2D eigenvalue weighted by molar-refractivity contribution is 0.905. The minimum Gasteiger partial charge on any atom is -0.216 e. The second kappa shape index (κ2) is 2.02. The van der Waals surface area contributed by atoms with Gasteiger partial charge in [-0.15, -0.1) is 0 Å². The predicted octanol–water partition coefficient (Wildman–Crippen LogP) is 0.541. The maximum Gasteiger partial charge on any atom is 0.252 e. The molecule has 0 unspecified atom stereocenters. The Morgan fingerprint density at radius 3 is 3.09 bits per heavy atom. The topological polar surface area (TPSA) is 43.1 Å². The van der Waals surface area contributed by atoms with Crippen LogP contribution in [0.2, 0.25) is 0 Å². The number of hydrogen-bond acceptors (Lipinski definition) is 3. The second-order valence-corrected chi connectivity index (χ2v) is 2.41. The molecule has 0 aromatic carbocycles. The van der Waals surface area contributed by atoms with E-state index in [9.17, 15) is 0 Å². The third kappa shape index (κ3) is 0.869. The largest absolute Gasteiger partial charge is 0.252 e. The molecule has 0 saturated heterocycles. The van der Waals surface area contributed by atoms with E-state index in [2.05, 4.69) is 21.3 Å². The van der Waals surface area contributed by atoms with Gasteiger partial charge in [0.05, 0.1) is 6.20 Å². The fourth-order valence-corrected chi connectivity index (χ4v) is 0.864. The van der Waals surface area contributed by atoms with Crippen LogP contribution in [0.25, 0.3) is 5.78 Å². The van der Waals surface area contributed by atoms with Gasteiger partial charge in [0, 0.05) is 5.69 Å². The molecule has 55 valence electrons. The van der Waals surface area contributed by atoms with E-state index in [1.54, 1.807) is 4.52 Å². The summed E-state index contributed by atoms with van der Waals surface area (Å²) in [6.07, 6.45) is 4.49. The van der Waals surface area contributed by atoms with Crippen LogP contribution in [0.4, 0.5) is 0 Å². The van der Waals surface area contributed by atoms with Crippen LogP contribution in [0.5, 0.6) is 0 Å². The molecule has 0 N–H and O–H groups in total. The van der Waals surface area contributed by atoms with Crippen molar-refractivity contribution in [1.29, 1.82) is 0 Å². The van der Waals surface area contributed by atoms with Crippen LogP contribution in [0, 0.1) is 20.0 Å².